The molecule has 0 amide bonds. The number of nitrogens with two attached hydrogens (primary N) is 1. The number of benzene rings is 1. The number of aryl methyl sites for hydroxylation is 1. The van der Waals surface area contributed by atoms with E-state index in [1.807, 2.05) is 24.3 Å². The minimum atomic E-state index is 0.0163. The quantitative estimate of drug-likeness (QED) is 0.742. The van der Waals surface area contributed by atoms with Crippen LogP contribution in [-0.2, 0) is 0 Å². The van der Waals surface area contributed by atoms with E-state index in [0.29, 0.717) is 0 Å². The van der Waals surface area contributed by atoms with Crippen molar-refractivity contribution in [1.29, 1.82) is 0 Å². The normalized spacial score (nSPS) is 12.2. The van der Waals surface area contributed by atoms with Gasteiger partial charge in [-0.1, -0.05) is 12.1 Å². The van der Waals surface area contributed by atoms with Gasteiger partial charge in [-0.05, 0) is 36.6 Å². The first kappa shape index (κ1) is 10.8. The van der Waals surface area contributed by atoms with Crippen molar-refractivity contribution in [2.24, 2.45) is 5.73 Å². The molecule has 76 valence electrons. The molecule has 0 radical (unpaired) electrons. The maximum Gasteiger partial charge on any atom is 0.119 e. The maximum atomic E-state index is 6.00. The fourth-order valence-electron chi connectivity index (χ4n) is 1.45. The molecular weight excluding hydrogens is 174 g/mol. The summed E-state index contributed by atoms with van der Waals surface area (Å²) in [6.07, 6.45) is 2.62. The Balaban J connectivity index is 2.98. The van der Waals surface area contributed by atoms with Crippen LogP contribution >= 0.6 is 0 Å². The lowest BCUT2D eigenvalue weighted by molar-refractivity contribution is 0.413. The van der Waals surface area contributed by atoms with Crippen LogP contribution in [0.15, 0.2) is 30.9 Å². The zero-order valence-electron chi connectivity index (χ0n) is 8.79. The third-order valence-corrected chi connectivity index (χ3v) is 2.31. The van der Waals surface area contributed by atoms with Crippen molar-refractivity contribution in [3.63, 3.8) is 0 Å². The number of ether oxygens (including phenoxy) is 1. The fraction of sp³-hybridized carbons (Fsp3) is 0.333. The molecule has 2 nitrogen and oxygen atoms in total. The van der Waals surface area contributed by atoms with Gasteiger partial charge in [0.1, 0.15) is 5.75 Å². The molecular formula is C12H17NO. The topological polar surface area (TPSA) is 35.2 Å². The molecule has 0 saturated heterocycles. The zero-order chi connectivity index (χ0) is 10.6. The molecule has 0 fully saturated rings. The lowest BCUT2D eigenvalue weighted by Crippen LogP contribution is -2.10. The smallest absolute Gasteiger partial charge is 0.119 e. The Morgan fingerprint density at radius 2 is 2.29 bits per heavy atom. The van der Waals surface area contributed by atoms with Gasteiger partial charge in [-0.25, -0.2) is 0 Å². The first-order valence-electron chi connectivity index (χ1n) is 4.70. The van der Waals surface area contributed by atoms with Gasteiger partial charge in [0, 0.05) is 6.04 Å². The van der Waals surface area contributed by atoms with E-state index in [1.165, 1.54) is 5.56 Å². The van der Waals surface area contributed by atoms with Crippen LogP contribution < -0.4 is 10.5 Å². The molecule has 1 aromatic rings. The average molecular weight is 191 g/mol. The summed E-state index contributed by atoms with van der Waals surface area (Å²) in [4.78, 5) is 0. The zero-order valence-corrected chi connectivity index (χ0v) is 8.79. The molecule has 0 heterocycles. The van der Waals surface area contributed by atoms with Gasteiger partial charge in [0.05, 0.1) is 7.11 Å². The maximum absolute atomic E-state index is 6.00. The molecule has 0 aliphatic rings. The van der Waals surface area contributed by atoms with Gasteiger partial charge in [-0.15, -0.1) is 6.58 Å². The Morgan fingerprint density at radius 3 is 2.86 bits per heavy atom. The summed E-state index contributed by atoms with van der Waals surface area (Å²) < 4.78 is 5.16. The first-order chi connectivity index (χ1) is 6.69. The van der Waals surface area contributed by atoms with E-state index in [2.05, 4.69) is 13.5 Å². The Labute approximate surface area is 85.4 Å². The van der Waals surface area contributed by atoms with Crippen LogP contribution in [0, 0.1) is 6.92 Å². The van der Waals surface area contributed by atoms with E-state index < -0.39 is 0 Å². The van der Waals surface area contributed by atoms with Crippen LogP contribution in [0.4, 0.5) is 0 Å². The molecule has 0 unspecified atom stereocenters. The highest BCUT2D eigenvalue weighted by atomic mass is 16.5. The van der Waals surface area contributed by atoms with E-state index in [0.717, 1.165) is 17.7 Å². The second-order valence-electron chi connectivity index (χ2n) is 3.35. The number of hydrogen-bond acceptors (Lipinski definition) is 2. The van der Waals surface area contributed by atoms with Crippen LogP contribution in [0.1, 0.15) is 23.6 Å². The van der Waals surface area contributed by atoms with E-state index in [4.69, 9.17) is 10.5 Å². The molecule has 0 saturated carbocycles. The van der Waals surface area contributed by atoms with E-state index in [1.54, 1.807) is 7.11 Å². The van der Waals surface area contributed by atoms with Crippen LogP contribution in [0.25, 0.3) is 0 Å². The Hall–Kier alpha value is -1.28. The molecule has 2 N–H and O–H groups in total. The molecule has 0 aliphatic carbocycles. The van der Waals surface area contributed by atoms with Crippen molar-refractivity contribution in [1.82, 2.24) is 0 Å². The van der Waals surface area contributed by atoms with E-state index in [-0.39, 0.29) is 6.04 Å². The molecule has 1 atom stereocenters. The molecule has 0 aliphatic heterocycles. The monoisotopic (exact) mass is 191 g/mol. The number of methoxy groups -OCH3 is 1. The van der Waals surface area contributed by atoms with E-state index in [9.17, 15) is 0 Å². The molecule has 0 aromatic heterocycles. The summed E-state index contributed by atoms with van der Waals surface area (Å²) in [5.41, 5.74) is 8.33. The highest BCUT2D eigenvalue weighted by molar-refractivity contribution is 5.36. The molecule has 0 spiro atoms. The Kier molecular flexibility index (Phi) is 3.72. The lowest BCUT2D eigenvalue weighted by Gasteiger charge is -2.14. The predicted octanol–water partition coefficient (Wildman–Crippen LogP) is 2.58. The van der Waals surface area contributed by atoms with Gasteiger partial charge < -0.3 is 10.5 Å². The second-order valence-corrected chi connectivity index (χ2v) is 3.35. The first-order valence-corrected chi connectivity index (χ1v) is 4.70. The minimum Gasteiger partial charge on any atom is -0.497 e. The molecule has 0 bridgehead atoms. The summed E-state index contributed by atoms with van der Waals surface area (Å²) in [7, 11) is 1.66. The van der Waals surface area contributed by atoms with Crippen LogP contribution in [0.5, 0.6) is 5.75 Å². The number of rotatable bonds is 4. The Bertz CT molecular complexity index is 320. The third kappa shape index (κ3) is 2.36. The highest BCUT2D eigenvalue weighted by Crippen LogP contribution is 2.23. The third-order valence-electron chi connectivity index (χ3n) is 2.31. The van der Waals surface area contributed by atoms with Crippen molar-refractivity contribution >= 4 is 0 Å². The van der Waals surface area contributed by atoms with Crippen molar-refractivity contribution in [3.05, 3.63) is 42.0 Å². The van der Waals surface area contributed by atoms with Crippen molar-refractivity contribution in [3.8, 4) is 5.75 Å². The SMILES string of the molecule is C=CC[C@@H](N)c1cc(OC)ccc1C. The van der Waals surface area contributed by atoms with E-state index >= 15 is 0 Å². The summed E-state index contributed by atoms with van der Waals surface area (Å²) in [6, 6.07) is 5.97. The number of hydrogen-bond donors (Lipinski definition) is 1. The minimum absolute atomic E-state index is 0.0163. The predicted molar refractivity (Wildman–Crippen MR) is 59.5 cm³/mol. The molecule has 14 heavy (non-hydrogen) atoms. The summed E-state index contributed by atoms with van der Waals surface area (Å²) >= 11 is 0. The van der Waals surface area contributed by atoms with Gasteiger partial charge in [-0.3, -0.25) is 0 Å². The second kappa shape index (κ2) is 4.82. The van der Waals surface area contributed by atoms with Crippen LogP contribution in [0.3, 0.4) is 0 Å². The van der Waals surface area contributed by atoms with Crippen molar-refractivity contribution in [2.75, 3.05) is 7.11 Å². The van der Waals surface area contributed by atoms with Crippen LogP contribution in [-0.4, -0.2) is 7.11 Å². The van der Waals surface area contributed by atoms with Crippen molar-refractivity contribution in [2.45, 2.75) is 19.4 Å². The van der Waals surface area contributed by atoms with Gasteiger partial charge in [0.15, 0.2) is 0 Å². The largest absolute Gasteiger partial charge is 0.497 e. The Morgan fingerprint density at radius 1 is 1.57 bits per heavy atom. The molecule has 2 heteroatoms. The molecule has 1 rings (SSSR count). The fourth-order valence-corrected chi connectivity index (χ4v) is 1.45. The van der Waals surface area contributed by atoms with Gasteiger partial charge in [-0.2, -0.15) is 0 Å². The van der Waals surface area contributed by atoms with Gasteiger partial charge in [0.2, 0.25) is 0 Å². The highest BCUT2D eigenvalue weighted by Gasteiger charge is 2.08. The summed E-state index contributed by atoms with van der Waals surface area (Å²) in [6.45, 7) is 5.74. The van der Waals surface area contributed by atoms with Gasteiger partial charge >= 0.3 is 0 Å². The summed E-state index contributed by atoms with van der Waals surface area (Å²) in [5, 5.41) is 0. The average Bonchev–Trinajstić information content (AvgIpc) is 2.19. The lowest BCUT2D eigenvalue weighted by atomic mass is 9.99. The van der Waals surface area contributed by atoms with Gasteiger partial charge in [0.25, 0.3) is 0 Å². The van der Waals surface area contributed by atoms with Crippen molar-refractivity contribution < 1.29 is 4.74 Å². The summed E-state index contributed by atoms with van der Waals surface area (Å²) in [5.74, 6) is 0.852. The molecule has 1 aromatic carbocycles. The standard InChI is InChI=1S/C12H17NO/c1-4-5-12(13)11-8-10(14-3)7-6-9(11)2/h4,6-8,12H,1,5,13H2,2-3H3/t12-/m1/s1. The van der Waals surface area contributed by atoms with Crippen LogP contribution in [0.2, 0.25) is 0 Å².